The molecule has 2 aliphatic heterocycles. The molecule has 1 atom stereocenters. The van der Waals surface area contributed by atoms with Gasteiger partial charge in [0.2, 0.25) is 5.91 Å². The molecular weight excluding hydrogens is 276 g/mol. The van der Waals surface area contributed by atoms with Crippen molar-refractivity contribution in [1.82, 2.24) is 9.80 Å². The van der Waals surface area contributed by atoms with Crippen LogP contribution in [0.5, 0.6) is 0 Å². The maximum absolute atomic E-state index is 12.5. The van der Waals surface area contributed by atoms with Crippen molar-refractivity contribution in [2.45, 2.75) is 32.9 Å². The number of carbonyl (C=O) groups is 1. The molecule has 1 amide bonds. The normalized spacial score (nSPS) is 26.9. The lowest BCUT2D eigenvalue weighted by Gasteiger charge is -2.33. The summed E-state index contributed by atoms with van der Waals surface area (Å²) in [7, 11) is 0. The third-order valence-electron chi connectivity index (χ3n) is 4.82. The number of likely N-dealkylation sites (tertiary alicyclic amines) is 1. The van der Waals surface area contributed by atoms with Crippen LogP contribution < -0.4 is 0 Å². The molecule has 0 saturated carbocycles. The van der Waals surface area contributed by atoms with Crippen molar-refractivity contribution in [2.75, 3.05) is 32.8 Å². The molecule has 4 nitrogen and oxygen atoms in total. The van der Waals surface area contributed by atoms with Gasteiger partial charge in [0.25, 0.3) is 0 Å². The molecule has 0 aliphatic carbocycles. The van der Waals surface area contributed by atoms with E-state index in [1.807, 2.05) is 23.1 Å². The summed E-state index contributed by atoms with van der Waals surface area (Å²) in [5.41, 5.74) is 1.16. The van der Waals surface area contributed by atoms with Gasteiger partial charge < -0.3 is 9.64 Å². The van der Waals surface area contributed by atoms with Crippen molar-refractivity contribution in [1.29, 1.82) is 0 Å². The van der Waals surface area contributed by atoms with E-state index in [0.29, 0.717) is 25.6 Å². The molecule has 0 radical (unpaired) electrons. The highest BCUT2D eigenvalue weighted by molar-refractivity contribution is 5.79. The summed E-state index contributed by atoms with van der Waals surface area (Å²) < 4.78 is 5.84. The van der Waals surface area contributed by atoms with Crippen LogP contribution in [-0.4, -0.2) is 54.6 Å². The summed E-state index contributed by atoms with van der Waals surface area (Å²) in [5.74, 6) is 0.262. The van der Waals surface area contributed by atoms with Crippen molar-refractivity contribution in [3.05, 3.63) is 35.9 Å². The predicted molar refractivity (Wildman–Crippen MR) is 86.4 cm³/mol. The van der Waals surface area contributed by atoms with E-state index in [4.69, 9.17) is 4.74 Å². The molecule has 2 aliphatic rings. The Morgan fingerprint density at radius 3 is 2.73 bits per heavy atom. The lowest BCUT2D eigenvalue weighted by atomic mass is 9.87. The number of hydrogen-bond donors (Lipinski definition) is 0. The van der Waals surface area contributed by atoms with E-state index < -0.39 is 0 Å². The zero-order valence-corrected chi connectivity index (χ0v) is 13.6. The zero-order valence-electron chi connectivity index (χ0n) is 13.6. The molecule has 0 unspecified atom stereocenters. The second-order valence-electron chi connectivity index (χ2n) is 7.03. The van der Waals surface area contributed by atoms with E-state index in [9.17, 15) is 4.79 Å². The molecule has 3 rings (SSSR count). The fourth-order valence-corrected chi connectivity index (χ4v) is 3.60. The molecular formula is C18H26N2O2. The summed E-state index contributed by atoms with van der Waals surface area (Å²) in [6.45, 7) is 9.36. The van der Waals surface area contributed by atoms with Crippen molar-refractivity contribution in [3.63, 3.8) is 0 Å². The van der Waals surface area contributed by atoms with E-state index in [1.165, 1.54) is 5.56 Å². The van der Waals surface area contributed by atoms with Crippen LogP contribution in [0.2, 0.25) is 0 Å². The summed E-state index contributed by atoms with van der Waals surface area (Å²) in [6, 6.07) is 10.7. The molecule has 4 heteroatoms. The number of amides is 1. The van der Waals surface area contributed by atoms with Gasteiger partial charge in [-0.05, 0) is 19.4 Å². The van der Waals surface area contributed by atoms with Gasteiger partial charge in [0.1, 0.15) is 0 Å². The van der Waals surface area contributed by atoms with Gasteiger partial charge in [0, 0.05) is 44.1 Å². The van der Waals surface area contributed by atoms with Crippen molar-refractivity contribution in [2.24, 2.45) is 5.41 Å². The topological polar surface area (TPSA) is 32.8 Å². The third kappa shape index (κ3) is 3.33. The first-order chi connectivity index (χ1) is 10.6. The number of hydrogen-bond acceptors (Lipinski definition) is 3. The van der Waals surface area contributed by atoms with Gasteiger partial charge in [0.15, 0.2) is 0 Å². The van der Waals surface area contributed by atoms with Gasteiger partial charge >= 0.3 is 0 Å². The second kappa shape index (κ2) is 6.39. The predicted octanol–water partition coefficient (Wildman–Crippen LogP) is 2.15. The molecule has 22 heavy (non-hydrogen) atoms. The Morgan fingerprint density at radius 2 is 2.00 bits per heavy atom. The van der Waals surface area contributed by atoms with Crippen molar-refractivity contribution in [3.8, 4) is 0 Å². The number of rotatable bonds is 3. The van der Waals surface area contributed by atoms with Gasteiger partial charge in [-0.15, -0.1) is 0 Å². The molecule has 2 fully saturated rings. The van der Waals surface area contributed by atoms with Crippen LogP contribution in [0.4, 0.5) is 0 Å². The average molecular weight is 302 g/mol. The van der Waals surface area contributed by atoms with Gasteiger partial charge in [-0.2, -0.15) is 0 Å². The minimum Gasteiger partial charge on any atom is -0.379 e. The SMILES string of the molecule is CC(C)N1CCOC[C@]2(CC(=O)N(Cc3ccccc3)C2)C1. The number of benzene rings is 1. The summed E-state index contributed by atoms with van der Waals surface area (Å²) in [6.07, 6.45) is 0.614. The number of nitrogens with zero attached hydrogens (tertiary/aromatic N) is 2. The first kappa shape index (κ1) is 15.5. The fourth-order valence-electron chi connectivity index (χ4n) is 3.60. The van der Waals surface area contributed by atoms with E-state index in [-0.39, 0.29) is 11.3 Å². The highest BCUT2D eigenvalue weighted by Gasteiger charge is 2.45. The lowest BCUT2D eigenvalue weighted by molar-refractivity contribution is -0.128. The highest BCUT2D eigenvalue weighted by atomic mass is 16.5. The van der Waals surface area contributed by atoms with Crippen LogP contribution >= 0.6 is 0 Å². The van der Waals surface area contributed by atoms with Crippen LogP contribution in [0.1, 0.15) is 25.8 Å². The third-order valence-corrected chi connectivity index (χ3v) is 4.82. The standard InChI is InChI=1S/C18H26N2O2/c1-15(2)19-8-9-22-14-18(12-19)10-17(21)20(13-18)11-16-6-4-3-5-7-16/h3-7,15H,8-14H2,1-2H3/t18-/m1/s1. The maximum Gasteiger partial charge on any atom is 0.223 e. The number of carbonyl (C=O) groups excluding carboxylic acids is 1. The molecule has 0 bridgehead atoms. The fraction of sp³-hybridized carbons (Fsp3) is 0.611. The summed E-state index contributed by atoms with van der Waals surface area (Å²) in [5, 5.41) is 0. The van der Waals surface area contributed by atoms with E-state index in [1.54, 1.807) is 0 Å². The van der Waals surface area contributed by atoms with E-state index in [0.717, 1.165) is 26.2 Å². The average Bonchev–Trinajstić information content (AvgIpc) is 2.67. The first-order valence-corrected chi connectivity index (χ1v) is 8.21. The Morgan fingerprint density at radius 1 is 1.23 bits per heavy atom. The molecule has 120 valence electrons. The maximum atomic E-state index is 12.5. The van der Waals surface area contributed by atoms with Crippen molar-refractivity contribution >= 4 is 5.91 Å². The van der Waals surface area contributed by atoms with Crippen LogP contribution in [0.25, 0.3) is 0 Å². The van der Waals surface area contributed by atoms with Gasteiger partial charge in [-0.3, -0.25) is 9.69 Å². The highest BCUT2D eigenvalue weighted by Crippen LogP contribution is 2.35. The Labute approximate surface area is 133 Å². The van der Waals surface area contributed by atoms with E-state index >= 15 is 0 Å². The van der Waals surface area contributed by atoms with Gasteiger partial charge in [0.05, 0.1) is 13.2 Å². The number of ether oxygens (including phenoxy) is 1. The molecule has 0 aromatic heterocycles. The molecule has 2 saturated heterocycles. The zero-order chi connectivity index (χ0) is 15.6. The largest absolute Gasteiger partial charge is 0.379 e. The minimum atomic E-state index is -0.0351. The Kier molecular flexibility index (Phi) is 4.50. The summed E-state index contributed by atoms with van der Waals surface area (Å²) >= 11 is 0. The van der Waals surface area contributed by atoms with Crippen molar-refractivity contribution < 1.29 is 9.53 Å². The van der Waals surface area contributed by atoms with E-state index in [2.05, 4.69) is 30.9 Å². The van der Waals surface area contributed by atoms with Crippen LogP contribution in [0, 0.1) is 5.41 Å². The molecule has 2 heterocycles. The molecule has 1 aromatic carbocycles. The Balaban J connectivity index is 1.72. The lowest BCUT2D eigenvalue weighted by Crippen LogP contribution is -2.43. The molecule has 1 spiro atoms. The van der Waals surface area contributed by atoms with Crippen LogP contribution in [0.3, 0.4) is 0 Å². The Bertz CT molecular complexity index is 517. The summed E-state index contributed by atoms with van der Waals surface area (Å²) in [4.78, 5) is 16.9. The Hall–Kier alpha value is -1.39. The first-order valence-electron chi connectivity index (χ1n) is 8.21. The van der Waals surface area contributed by atoms with Crippen LogP contribution in [-0.2, 0) is 16.1 Å². The van der Waals surface area contributed by atoms with Gasteiger partial charge in [-0.25, -0.2) is 0 Å². The molecule has 1 aromatic rings. The molecule has 0 N–H and O–H groups in total. The minimum absolute atomic E-state index is 0.0351. The van der Waals surface area contributed by atoms with Gasteiger partial charge in [-0.1, -0.05) is 30.3 Å². The smallest absolute Gasteiger partial charge is 0.223 e. The second-order valence-corrected chi connectivity index (χ2v) is 7.03. The monoisotopic (exact) mass is 302 g/mol. The quantitative estimate of drug-likeness (QED) is 0.857. The van der Waals surface area contributed by atoms with Crippen LogP contribution in [0.15, 0.2) is 30.3 Å².